The fourth-order valence-electron chi connectivity index (χ4n) is 3.60. The molecule has 4 rings (SSSR count). The van der Waals surface area contributed by atoms with Crippen LogP contribution >= 0.6 is 11.6 Å². The number of anilines is 1. The second-order valence-electron chi connectivity index (χ2n) is 6.62. The molecule has 3 aromatic rings. The van der Waals surface area contributed by atoms with Crippen molar-refractivity contribution < 1.29 is 0 Å². The Labute approximate surface area is 153 Å². The molecule has 0 radical (unpaired) electrons. The van der Waals surface area contributed by atoms with E-state index in [1.54, 1.807) is 0 Å². The lowest BCUT2D eigenvalue weighted by atomic mass is 10.1. The van der Waals surface area contributed by atoms with Crippen molar-refractivity contribution in [2.24, 2.45) is 0 Å². The summed E-state index contributed by atoms with van der Waals surface area (Å²) < 4.78 is 0. The van der Waals surface area contributed by atoms with Crippen molar-refractivity contribution in [1.29, 1.82) is 0 Å². The normalized spacial score (nSPS) is 16.3. The van der Waals surface area contributed by atoms with Gasteiger partial charge in [-0.1, -0.05) is 11.6 Å². The third-order valence-corrected chi connectivity index (χ3v) is 5.27. The molecule has 2 aromatic heterocycles. The van der Waals surface area contributed by atoms with Gasteiger partial charge in [-0.25, -0.2) is 4.98 Å². The summed E-state index contributed by atoms with van der Waals surface area (Å²) in [6.45, 7) is 5.52. The number of nitrogens with one attached hydrogen (secondary N) is 1. The summed E-state index contributed by atoms with van der Waals surface area (Å²) in [5, 5.41) is 2.05. The first-order valence-corrected chi connectivity index (χ1v) is 9.31. The summed E-state index contributed by atoms with van der Waals surface area (Å²) in [5.74, 6) is 0. The van der Waals surface area contributed by atoms with E-state index in [0.717, 1.165) is 49.8 Å². The Morgan fingerprint density at radius 3 is 2.80 bits per heavy atom. The monoisotopic (exact) mass is 354 g/mol. The molecule has 1 aliphatic heterocycles. The van der Waals surface area contributed by atoms with Crippen LogP contribution in [-0.4, -0.2) is 47.6 Å². The molecule has 1 saturated heterocycles. The highest BCUT2D eigenvalue weighted by Gasteiger charge is 2.15. The van der Waals surface area contributed by atoms with Crippen LogP contribution in [0.2, 0.25) is 5.02 Å². The van der Waals surface area contributed by atoms with Crippen LogP contribution in [0.15, 0.2) is 48.8 Å². The molecule has 5 heteroatoms. The first kappa shape index (κ1) is 16.4. The minimum absolute atomic E-state index is 0.799. The van der Waals surface area contributed by atoms with Gasteiger partial charge in [-0.3, -0.25) is 0 Å². The lowest BCUT2D eigenvalue weighted by Gasteiger charge is -2.23. The van der Waals surface area contributed by atoms with Crippen molar-refractivity contribution in [2.45, 2.75) is 12.8 Å². The maximum atomic E-state index is 6.00. The molecule has 1 aromatic carbocycles. The fourth-order valence-corrected chi connectivity index (χ4v) is 3.73. The average Bonchev–Trinajstić information content (AvgIpc) is 2.90. The number of benzene rings is 1. The van der Waals surface area contributed by atoms with Gasteiger partial charge in [0.15, 0.2) is 0 Å². The summed E-state index contributed by atoms with van der Waals surface area (Å²) >= 11 is 6.00. The molecule has 0 bridgehead atoms. The van der Waals surface area contributed by atoms with E-state index in [4.69, 9.17) is 11.6 Å². The number of halogens is 1. The first-order chi connectivity index (χ1) is 12.3. The molecule has 3 heterocycles. The predicted octanol–water partition coefficient (Wildman–Crippen LogP) is 3.97. The number of hydrogen-bond donors (Lipinski definition) is 1. The first-order valence-electron chi connectivity index (χ1n) is 8.93. The predicted molar refractivity (Wildman–Crippen MR) is 105 cm³/mol. The van der Waals surface area contributed by atoms with E-state index in [-0.39, 0.29) is 0 Å². The van der Waals surface area contributed by atoms with E-state index in [2.05, 4.69) is 44.2 Å². The third kappa shape index (κ3) is 3.80. The van der Waals surface area contributed by atoms with Gasteiger partial charge in [-0.15, -0.1) is 0 Å². The topological polar surface area (TPSA) is 35.2 Å². The highest BCUT2D eigenvalue weighted by atomic mass is 35.5. The van der Waals surface area contributed by atoms with Gasteiger partial charge in [-0.05, 0) is 61.3 Å². The van der Waals surface area contributed by atoms with E-state index in [1.807, 2.05) is 24.4 Å². The summed E-state index contributed by atoms with van der Waals surface area (Å²) in [5.41, 5.74) is 3.62. The minimum atomic E-state index is 0.799. The molecule has 0 atom stereocenters. The zero-order valence-corrected chi connectivity index (χ0v) is 15.0. The maximum Gasteiger partial charge on any atom is 0.137 e. The summed E-state index contributed by atoms with van der Waals surface area (Å²) in [4.78, 5) is 12.7. The van der Waals surface area contributed by atoms with Crippen molar-refractivity contribution in [1.82, 2.24) is 14.9 Å². The molecule has 1 fully saturated rings. The summed E-state index contributed by atoms with van der Waals surface area (Å²) in [6.07, 6.45) is 6.20. The number of fused-ring (bicyclic) bond motifs is 1. The van der Waals surface area contributed by atoms with Gasteiger partial charge in [0, 0.05) is 54.7 Å². The van der Waals surface area contributed by atoms with Crippen LogP contribution in [0.1, 0.15) is 12.0 Å². The largest absolute Gasteiger partial charge is 0.370 e. The van der Waals surface area contributed by atoms with Gasteiger partial charge in [0.1, 0.15) is 5.65 Å². The van der Waals surface area contributed by atoms with Gasteiger partial charge in [-0.2, -0.15) is 0 Å². The second kappa shape index (κ2) is 7.46. The van der Waals surface area contributed by atoms with Crippen molar-refractivity contribution in [3.8, 4) is 0 Å². The number of nitrogens with zero attached hydrogens (tertiary/aromatic N) is 3. The molecule has 0 aliphatic carbocycles. The van der Waals surface area contributed by atoms with Gasteiger partial charge in [0.2, 0.25) is 0 Å². The van der Waals surface area contributed by atoms with Crippen molar-refractivity contribution in [3.05, 3.63) is 59.4 Å². The van der Waals surface area contributed by atoms with Crippen molar-refractivity contribution in [2.75, 3.05) is 37.6 Å². The average molecular weight is 355 g/mol. The van der Waals surface area contributed by atoms with Crippen LogP contribution in [0, 0.1) is 0 Å². The van der Waals surface area contributed by atoms with Crippen LogP contribution < -0.4 is 4.90 Å². The van der Waals surface area contributed by atoms with E-state index in [9.17, 15) is 0 Å². The van der Waals surface area contributed by atoms with Crippen LogP contribution in [0.3, 0.4) is 0 Å². The number of rotatable bonds is 4. The highest BCUT2D eigenvalue weighted by Crippen LogP contribution is 2.20. The molecule has 1 aliphatic rings. The van der Waals surface area contributed by atoms with Crippen LogP contribution in [0.4, 0.5) is 5.69 Å². The zero-order valence-electron chi connectivity index (χ0n) is 14.3. The van der Waals surface area contributed by atoms with E-state index in [1.165, 1.54) is 23.1 Å². The molecule has 0 amide bonds. The number of pyridine rings is 1. The van der Waals surface area contributed by atoms with E-state index >= 15 is 0 Å². The quantitative estimate of drug-likeness (QED) is 0.770. The Morgan fingerprint density at radius 2 is 1.92 bits per heavy atom. The lowest BCUT2D eigenvalue weighted by Crippen LogP contribution is -2.32. The van der Waals surface area contributed by atoms with Crippen LogP contribution in [0.25, 0.3) is 11.0 Å². The van der Waals surface area contributed by atoms with Crippen molar-refractivity contribution >= 4 is 28.3 Å². The second-order valence-corrected chi connectivity index (χ2v) is 7.06. The molecule has 25 heavy (non-hydrogen) atoms. The number of aromatic nitrogens is 2. The lowest BCUT2D eigenvalue weighted by molar-refractivity contribution is 0.297. The Balaban J connectivity index is 1.36. The molecule has 0 unspecified atom stereocenters. The number of hydrogen-bond acceptors (Lipinski definition) is 3. The van der Waals surface area contributed by atoms with Gasteiger partial charge in [0.05, 0.1) is 0 Å². The van der Waals surface area contributed by atoms with Gasteiger partial charge < -0.3 is 14.8 Å². The molecular formula is C20H23ClN4. The Bertz CT molecular complexity index is 827. The molecule has 0 spiro atoms. The maximum absolute atomic E-state index is 6.00. The molecular weight excluding hydrogens is 332 g/mol. The molecule has 130 valence electrons. The summed E-state index contributed by atoms with van der Waals surface area (Å²) in [6, 6.07) is 12.4. The van der Waals surface area contributed by atoms with Crippen LogP contribution in [0.5, 0.6) is 0 Å². The Hall–Kier alpha value is -2.04. The van der Waals surface area contributed by atoms with Crippen molar-refractivity contribution in [3.63, 3.8) is 0 Å². The zero-order chi connectivity index (χ0) is 17.1. The molecule has 0 saturated carbocycles. The smallest absolute Gasteiger partial charge is 0.137 e. The Kier molecular flexibility index (Phi) is 4.90. The number of aromatic amines is 1. The van der Waals surface area contributed by atoms with Gasteiger partial charge in [0.25, 0.3) is 0 Å². The number of H-pyrrole nitrogens is 1. The third-order valence-electron chi connectivity index (χ3n) is 5.01. The van der Waals surface area contributed by atoms with Gasteiger partial charge >= 0.3 is 0 Å². The van der Waals surface area contributed by atoms with E-state index < -0.39 is 0 Å². The minimum Gasteiger partial charge on any atom is -0.370 e. The van der Waals surface area contributed by atoms with E-state index in [0.29, 0.717) is 0 Å². The standard InChI is InChI=1S/C20H23ClN4/c21-17-4-6-18(7-5-17)25-11-2-10-24(13-14-25)12-8-16-15-23-20-19(16)3-1-9-22-20/h1,3-7,9,15H,2,8,10-14H2,(H,22,23). The highest BCUT2D eigenvalue weighted by molar-refractivity contribution is 6.30. The van der Waals surface area contributed by atoms with Crippen LogP contribution in [-0.2, 0) is 6.42 Å². The summed E-state index contributed by atoms with van der Waals surface area (Å²) in [7, 11) is 0. The SMILES string of the molecule is Clc1ccc(N2CCCN(CCc3c[nH]c4ncccc34)CC2)cc1. The molecule has 4 nitrogen and oxygen atoms in total. The Morgan fingerprint density at radius 1 is 1.04 bits per heavy atom. The fraction of sp³-hybridized carbons (Fsp3) is 0.350. The molecule has 1 N–H and O–H groups in total.